The van der Waals surface area contributed by atoms with Crippen LogP contribution in [-0.2, 0) is 14.4 Å². The summed E-state index contributed by atoms with van der Waals surface area (Å²) in [5, 5.41) is 6.44. The molecule has 3 aliphatic rings. The van der Waals surface area contributed by atoms with Crippen molar-refractivity contribution in [2.75, 3.05) is 18.5 Å². The van der Waals surface area contributed by atoms with Crippen LogP contribution < -0.4 is 20.1 Å². The third-order valence-corrected chi connectivity index (χ3v) is 8.10. The SMILES string of the molecule is CCOc1cc(C2C3=C(CC(C)(C)CC3=O)NC3=C2C(=O)CC(C)(C)C3)ccc1OCC(=O)Nc1ccccc1C. The minimum Gasteiger partial charge on any atom is -0.490 e. The zero-order valence-corrected chi connectivity index (χ0v) is 24.9. The predicted molar refractivity (Wildman–Crippen MR) is 159 cm³/mol. The highest BCUT2D eigenvalue weighted by molar-refractivity contribution is 6.06. The van der Waals surface area contributed by atoms with Crippen molar-refractivity contribution < 1.29 is 23.9 Å². The molecule has 1 amide bonds. The number of carbonyl (C=O) groups is 3. The van der Waals surface area contributed by atoms with Gasteiger partial charge >= 0.3 is 0 Å². The van der Waals surface area contributed by atoms with Crippen LogP contribution in [0.5, 0.6) is 11.5 Å². The molecule has 0 unspecified atom stereocenters. The summed E-state index contributed by atoms with van der Waals surface area (Å²) in [4.78, 5) is 39.9. The lowest BCUT2D eigenvalue weighted by atomic mass is 9.64. The molecule has 0 atom stereocenters. The first kappa shape index (κ1) is 28.7. The molecule has 0 saturated heterocycles. The van der Waals surface area contributed by atoms with Crippen LogP contribution in [-0.4, -0.2) is 30.7 Å². The molecule has 2 aromatic rings. The highest BCUT2D eigenvalue weighted by Crippen LogP contribution is 2.51. The van der Waals surface area contributed by atoms with Crippen molar-refractivity contribution in [2.45, 2.75) is 73.1 Å². The van der Waals surface area contributed by atoms with Crippen LogP contribution in [0.15, 0.2) is 65.0 Å². The van der Waals surface area contributed by atoms with Gasteiger partial charge in [0.05, 0.1) is 6.61 Å². The normalized spacial score (nSPS) is 19.8. The summed E-state index contributed by atoms with van der Waals surface area (Å²) in [5.74, 6) is 0.308. The molecule has 0 spiro atoms. The molecule has 216 valence electrons. The van der Waals surface area contributed by atoms with E-state index in [0.717, 1.165) is 41.1 Å². The molecule has 5 rings (SSSR count). The lowest BCUT2D eigenvalue weighted by molar-refractivity contribution is -0.119. The van der Waals surface area contributed by atoms with Crippen molar-refractivity contribution in [3.63, 3.8) is 0 Å². The summed E-state index contributed by atoms with van der Waals surface area (Å²) in [5.41, 5.74) is 5.41. The Hall–Kier alpha value is -3.87. The van der Waals surface area contributed by atoms with E-state index >= 15 is 0 Å². The summed E-state index contributed by atoms with van der Waals surface area (Å²) in [6, 6.07) is 13.1. The number of rotatable bonds is 7. The summed E-state index contributed by atoms with van der Waals surface area (Å²) in [6.07, 6.45) is 2.35. The Kier molecular flexibility index (Phi) is 7.58. The third kappa shape index (κ3) is 5.95. The van der Waals surface area contributed by atoms with E-state index in [-0.39, 0.29) is 34.9 Å². The van der Waals surface area contributed by atoms with E-state index in [1.165, 1.54) is 0 Å². The van der Waals surface area contributed by atoms with Gasteiger partial charge in [-0.25, -0.2) is 0 Å². The lowest BCUT2D eigenvalue weighted by Gasteiger charge is -2.44. The summed E-state index contributed by atoms with van der Waals surface area (Å²) < 4.78 is 11.9. The smallest absolute Gasteiger partial charge is 0.262 e. The molecule has 0 radical (unpaired) electrons. The monoisotopic (exact) mass is 556 g/mol. The maximum Gasteiger partial charge on any atom is 0.262 e. The summed E-state index contributed by atoms with van der Waals surface area (Å²) >= 11 is 0. The number of allylic oxidation sites excluding steroid dienone is 4. The van der Waals surface area contributed by atoms with E-state index in [2.05, 4.69) is 38.3 Å². The van der Waals surface area contributed by atoms with Crippen LogP contribution in [0.25, 0.3) is 0 Å². The Balaban J connectivity index is 1.49. The molecule has 41 heavy (non-hydrogen) atoms. The maximum atomic E-state index is 13.6. The van der Waals surface area contributed by atoms with Crippen molar-refractivity contribution in [3.8, 4) is 11.5 Å². The van der Waals surface area contributed by atoms with Gasteiger partial charge in [-0.2, -0.15) is 0 Å². The molecule has 2 aliphatic carbocycles. The number of benzene rings is 2. The number of amides is 1. The largest absolute Gasteiger partial charge is 0.490 e. The fourth-order valence-corrected chi connectivity index (χ4v) is 6.36. The number of nitrogens with one attached hydrogen (secondary N) is 2. The molecule has 0 aromatic heterocycles. The van der Waals surface area contributed by atoms with E-state index in [9.17, 15) is 14.4 Å². The van der Waals surface area contributed by atoms with Gasteiger partial charge in [-0.05, 0) is 66.8 Å². The van der Waals surface area contributed by atoms with Gasteiger partial charge in [-0.15, -0.1) is 0 Å². The van der Waals surface area contributed by atoms with Crippen molar-refractivity contribution in [2.24, 2.45) is 10.8 Å². The molecule has 7 heteroatoms. The quantitative estimate of drug-likeness (QED) is 0.411. The van der Waals surface area contributed by atoms with Crippen molar-refractivity contribution >= 4 is 23.2 Å². The van der Waals surface area contributed by atoms with Gasteiger partial charge in [0.25, 0.3) is 5.91 Å². The topological polar surface area (TPSA) is 93.7 Å². The van der Waals surface area contributed by atoms with E-state index in [0.29, 0.717) is 42.1 Å². The van der Waals surface area contributed by atoms with Gasteiger partial charge in [0.1, 0.15) is 0 Å². The van der Waals surface area contributed by atoms with E-state index in [1.54, 1.807) is 6.07 Å². The number of para-hydroxylation sites is 1. The van der Waals surface area contributed by atoms with Crippen molar-refractivity contribution in [1.29, 1.82) is 0 Å². The number of anilines is 1. The van der Waals surface area contributed by atoms with Crippen LogP contribution in [0.2, 0.25) is 0 Å². The number of carbonyl (C=O) groups excluding carboxylic acids is 3. The van der Waals surface area contributed by atoms with E-state index < -0.39 is 5.92 Å². The Bertz CT molecular complexity index is 1430. The zero-order valence-electron chi connectivity index (χ0n) is 24.9. The van der Waals surface area contributed by atoms with Crippen LogP contribution in [0.3, 0.4) is 0 Å². The van der Waals surface area contributed by atoms with Gasteiger partial charge in [0.2, 0.25) is 0 Å². The highest BCUT2D eigenvalue weighted by Gasteiger charge is 2.46. The number of ether oxygens (including phenoxy) is 2. The first-order valence-corrected chi connectivity index (χ1v) is 14.4. The first-order chi connectivity index (χ1) is 19.4. The number of hydrogen-bond acceptors (Lipinski definition) is 6. The number of aryl methyl sites for hydroxylation is 1. The molecule has 2 aromatic carbocycles. The van der Waals surface area contributed by atoms with Crippen LogP contribution in [0.1, 0.15) is 77.3 Å². The maximum absolute atomic E-state index is 13.6. The van der Waals surface area contributed by atoms with E-state index in [1.807, 2.05) is 50.2 Å². The number of Topliss-reactive ketones (excluding diaryl/α,β-unsaturated/α-hetero) is 2. The number of ketones is 2. The zero-order chi connectivity index (χ0) is 29.5. The second-order valence-corrected chi connectivity index (χ2v) is 13.0. The third-order valence-electron chi connectivity index (χ3n) is 8.10. The molecular weight excluding hydrogens is 516 g/mol. The molecular formula is C34H40N2O5. The fraction of sp³-hybridized carbons (Fsp3) is 0.441. The second kappa shape index (κ2) is 10.8. The molecule has 1 heterocycles. The van der Waals surface area contributed by atoms with Crippen molar-refractivity contribution in [3.05, 3.63) is 76.1 Å². The van der Waals surface area contributed by atoms with Gasteiger partial charge in [-0.3, -0.25) is 14.4 Å². The minimum atomic E-state index is -0.467. The Morgan fingerprint density at radius 2 is 1.49 bits per heavy atom. The lowest BCUT2D eigenvalue weighted by Crippen LogP contribution is -2.42. The Morgan fingerprint density at radius 3 is 2.07 bits per heavy atom. The first-order valence-electron chi connectivity index (χ1n) is 14.4. The predicted octanol–water partition coefficient (Wildman–Crippen LogP) is 6.38. The molecule has 7 nitrogen and oxygen atoms in total. The molecule has 0 bridgehead atoms. The van der Waals surface area contributed by atoms with Crippen molar-refractivity contribution in [1.82, 2.24) is 5.32 Å². The van der Waals surface area contributed by atoms with Gasteiger partial charge in [0.15, 0.2) is 29.7 Å². The molecule has 2 N–H and O–H groups in total. The highest BCUT2D eigenvalue weighted by atomic mass is 16.5. The van der Waals surface area contributed by atoms with Crippen LogP contribution >= 0.6 is 0 Å². The van der Waals surface area contributed by atoms with Gasteiger partial charge in [0, 0.05) is 47.0 Å². The molecule has 0 fully saturated rings. The average Bonchev–Trinajstić information content (AvgIpc) is 2.87. The molecule has 0 saturated carbocycles. The van der Waals surface area contributed by atoms with Gasteiger partial charge in [-0.1, -0.05) is 52.0 Å². The van der Waals surface area contributed by atoms with E-state index in [4.69, 9.17) is 9.47 Å². The Labute approximate surface area is 242 Å². The molecule has 1 aliphatic heterocycles. The Morgan fingerprint density at radius 1 is 0.878 bits per heavy atom. The summed E-state index contributed by atoms with van der Waals surface area (Å²) in [6.45, 7) is 12.5. The minimum absolute atomic E-state index is 0.0732. The van der Waals surface area contributed by atoms with Crippen LogP contribution in [0, 0.1) is 17.8 Å². The number of hydrogen-bond donors (Lipinski definition) is 2. The standard InChI is InChI=1S/C34H40N2O5/c1-7-40-28-14-21(12-13-27(28)41-19-29(39)36-22-11-9-8-10-20(22)2)30-31-23(15-33(3,4)17-25(31)37)35-24-16-34(5,6)18-26(38)32(24)30/h8-14,30,35H,7,15-19H2,1-6H3,(H,36,39). The average molecular weight is 557 g/mol. The van der Waals surface area contributed by atoms with Crippen LogP contribution in [0.4, 0.5) is 5.69 Å². The summed E-state index contributed by atoms with van der Waals surface area (Å²) in [7, 11) is 0. The second-order valence-electron chi connectivity index (χ2n) is 13.0. The van der Waals surface area contributed by atoms with Gasteiger partial charge < -0.3 is 20.1 Å². The fourth-order valence-electron chi connectivity index (χ4n) is 6.36. The number of dihydropyridines is 1.